The maximum atomic E-state index is 14.9. The Hall–Kier alpha value is -3.95. The normalized spacial score (nSPS) is 26.6. The standard InChI is InChI=1S/C30H32N4O5/c1-3-38-27(36)29-19-34(18-21-12-6-5-7-13-21)20-30(26(29)35,28(37)39-4-2)25(23-15-9-11-17-32-23)33-24(29)22-14-8-10-16-31-22/h5-17,24-25,33H,3-4,18-20H2,1-2H3. The third-order valence-electron chi connectivity index (χ3n) is 7.57. The van der Waals surface area contributed by atoms with Gasteiger partial charge in [-0.05, 0) is 43.7 Å². The fourth-order valence-corrected chi connectivity index (χ4v) is 5.99. The summed E-state index contributed by atoms with van der Waals surface area (Å²) in [7, 11) is 0. The van der Waals surface area contributed by atoms with Gasteiger partial charge in [0.05, 0.1) is 36.7 Å². The highest BCUT2D eigenvalue weighted by Crippen LogP contribution is 2.56. The summed E-state index contributed by atoms with van der Waals surface area (Å²) in [5.74, 6) is -1.91. The number of carbonyl (C=O) groups is 3. The summed E-state index contributed by atoms with van der Waals surface area (Å²) in [5.41, 5.74) is -1.53. The number of carbonyl (C=O) groups excluding carboxylic acids is 3. The lowest BCUT2D eigenvalue weighted by Crippen LogP contribution is -2.75. The Morgan fingerprint density at radius 1 is 0.821 bits per heavy atom. The number of likely N-dealkylation sites (tertiary alicyclic amines) is 1. The van der Waals surface area contributed by atoms with Gasteiger partial charge >= 0.3 is 11.9 Å². The summed E-state index contributed by atoms with van der Waals surface area (Å²) in [6.07, 6.45) is 3.24. The average Bonchev–Trinajstić information content (AvgIpc) is 2.96. The van der Waals surface area contributed by atoms with Crippen molar-refractivity contribution in [2.75, 3.05) is 26.3 Å². The van der Waals surface area contributed by atoms with Gasteiger partial charge in [0.1, 0.15) is 0 Å². The number of nitrogens with zero attached hydrogens (tertiary/aromatic N) is 3. The number of hydrogen-bond acceptors (Lipinski definition) is 9. The quantitative estimate of drug-likeness (QED) is 0.348. The van der Waals surface area contributed by atoms with Crippen LogP contribution in [-0.4, -0.2) is 58.9 Å². The molecule has 2 saturated heterocycles. The van der Waals surface area contributed by atoms with E-state index in [0.29, 0.717) is 17.9 Å². The Balaban J connectivity index is 1.76. The van der Waals surface area contributed by atoms with Crippen LogP contribution in [0.2, 0.25) is 0 Å². The van der Waals surface area contributed by atoms with Crippen molar-refractivity contribution in [3.8, 4) is 0 Å². The van der Waals surface area contributed by atoms with Gasteiger partial charge < -0.3 is 9.47 Å². The van der Waals surface area contributed by atoms with Crippen LogP contribution >= 0.6 is 0 Å². The number of ether oxygens (including phenoxy) is 2. The van der Waals surface area contributed by atoms with E-state index in [2.05, 4.69) is 15.3 Å². The van der Waals surface area contributed by atoms with Gasteiger partial charge in [-0.3, -0.25) is 34.6 Å². The van der Waals surface area contributed by atoms with E-state index >= 15 is 0 Å². The number of hydrogen-bond donors (Lipinski definition) is 1. The highest BCUT2D eigenvalue weighted by atomic mass is 16.5. The minimum absolute atomic E-state index is 0.0455. The summed E-state index contributed by atoms with van der Waals surface area (Å²) in [4.78, 5) is 53.9. The second-order valence-corrected chi connectivity index (χ2v) is 9.89. The lowest BCUT2D eigenvalue weighted by atomic mass is 9.55. The van der Waals surface area contributed by atoms with Crippen molar-refractivity contribution in [1.29, 1.82) is 0 Å². The average molecular weight is 529 g/mol. The molecular weight excluding hydrogens is 496 g/mol. The van der Waals surface area contributed by atoms with E-state index in [1.54, 1.807) is 62.6 Å². The van der Waals surface area contributed by atoms with E-state index in [-0.39, 0.29) is 26.3 Å². The molecule has 2 aromatic heterocycles. The second-order valence-electron chi connectivity index (χ2n) is 9.89. The number of esters is 2. The van der Waals surface area contributed by atoms with Crippen molar-refractivity contribution < 1.29 is 23.9 Å². The van der Waals surface area contributed by atoms with Gasteiger partial charge in [-0.15, -0.1) is 0 Å². The molecule has 4 unspecified atom stereocenters. The Morgan fingerprint density at radius 3 is 1.74 bits per heavy atom. The Kier molecular flexibility index (Phi) is 7.54. The topological polar surface area (TPSA) is 111 Å². The number of ketones is 1. The number of nitrogens with one attached hydrogen (secondary N) is 1. The van der Waals surface area contributed by atoms with E-state index in [4.69, 9.17) is 9.47 Å². The first-order valence-corrected chi connectivity index (χ1v) is 13.2. The van der Waals surface area contributed by atoms with Gasteiger partial charge in [-0.1, -0.05) is 42.5 Å². The van der Waals surface area contributed by atoms with Gasteiger partial charge in [0.25, 0.3) is 0 Å². The first-order valence-electron chi connectivity index (χ1n) is 13.2. The van der Waals surface area contributed by atoms with Crippen LogP contribution in [0.15, 0.2) is 79.1 Å². The number of fused-ring (bicyclic) bond motifs is 2. The molecule has 9 heteroatoms. The Bertz CT molecular complexity index is 1240. The molecule has 9 nitrogen and oxygen atoms in total. The SMILES string of the molecule is CCOC(=O)C12CN(Cc3ccccc3)CC(C(=O)OCC)(C1=O)C(c1ccccn1)NC2c1ccccn1. The summed E-state index contributed by atoms with van der Waals surface area (Å²) in [6, 6.07) is 18.7. The molecule has 4 heterocycles. The minimum Gasteiger partial charge on any atom is -0.465 e. The monoisotopic (exact) mass is 528 g/mol. The Labute approximate surface area is 227 Å². The van der Waals surface area contributed by atoms with Crippen molar-refractivity contribution in [2.45, 2.75) is 32.5 Å². The zero-order valence-corrected chi connectivity index (χ0v) is 22.1. The van der Waals surface area contributed by atoms with E-state index in [9.17, 15) is 14.4 Å². The summed E-state index contributed by atoms with van der Waals surface area (Å²) in [6.45, 7) is 4.07. The van der Waals surface area contributed by atoms with Crippen LogP contribution < -0.4 is 5.32 Å². The van der Waals surface area contributed by atoms with Crippen LogP contribution in [0, 0.1) is 10.8 Å². The molecule has 2 bridgehead atoms. The van der Waals surface area contributed by atoms with Crippen LogP contribution in [0.25, 0.3) is 0 Å². The van der Waals surface area contributed by atoms with Crippen LogP contribution in [-0.2, 0) is 30.4 Å². The van der Waals surface area contributed by atoms with Crippen molar-refractivity contribution in [3.63, 3.8) is 0 Å². The maximum absolute atomic E-state index is 14.9. The zero-order chi connectivity index (χ0) is 27.5. The largest absolute Gasteiger partial charge is 0.465 e. The molecule has 0 aliphatic carbocycles. The molecular formula is C30H32N4O5. The van der Waals surface area contributed by atoms with Gasteiger partial charge in [0.2, 0.25) is 0 Å². The predicted molar refractivity (Wildman–Crippen MR) is 142 cm³/mol. The fraction of sp³-hybridized carbons (Fsp3) is 0.367. The predicted octanol–water partition coefficient (Wildman–Crippen LogP) is 3.05. The molecule has 39 heavy (non-hydrogen) atoms. The number of rotatable bonds is 8. The van der Waals surface area contributed by atoms with Crippen LogP contribution in [0.5, 0.6) is 0 Å². The number of piperidine rings is 2. The molecule has 2 aliphatic heterocycles. The fourth-order valence-electron chi connectivity index (χ4n) is 5.99. The third kappa shape index (κ3) is 4.51. The van der Waals surface area contributed by atoms with E-state index in [0.717, 1.165) is 5.56 Å². The number of aromatic nitrogens is 2. The molecule has 3 aromatic rings. The molecule has 0 saturated carbocycles. The van der Waals surface area contributed by atoms with Crippen molar-refractivity contribution in [1.82, 2.24) is 20.2 Å². The number of benzene rings is 1. The highest BCUT2D eigenvalue weighted by molar-refractivity contribution is 6.17. The smallest absolute Gasteiger partial charge is 0.323 e. The third-order valence-corrected chi connectivity index (χ3v) is 7.57. The molecule has 202 valence electrons. The molecule has 2 fully saturated rings. The zero-order valence-electron chi connectivity index (χ0n) is 22.1. The van der Waals surface area contributed by atoms with Crippen LogP contribution in [0.3, 0.4) is 0 Å². The van der Waals surface area contributed by atoms with Crippen molar-refractivity contribution >= 4 is 17.7 Å². The van der Waals surface area contributed by atoms with Gasteiger partial charge in [-0.2, -0.15) is 0 Å². The number of Topliss-reactive ketones (excluding diaryl/α,β-unsaturated/α-hetero) is 1. The molecule has 0 spiro atoms. The summed E-state index contributed by atoms with van der Waals surface area (Å²) >= 11 is 0. The molecule has 0 amide bonds. The second kappa shape index (κ2) is 11.0. The number of pyridine rings is 2. The van der Waals surface area contributed by atoms with Crippen LogP contribution in [0.4, 0.5) is 0 Å². The molecule has 2 aliphatic rings. The molecule has 4 atom stereocenters. The molecule has 1 N–H and O–H groups in total. The van der Waals surface area contributed by atoms with E-state index in [1.165, 1.54) is 0 Å². The first-order chi connectivity index (χ1) is 19.0. The lowest BCUT2D eigenvalue weighted by molar-refractivity contribution is -0.192. The molecule has 0 radical (unpaired) electrons. The van der Waals surface area contributed by atoms with Crippen molar-refractivity contribution in [2.24, 2.45) is 10.8 Å². The molecule has 1 aromatic carbocycles. The van der Waals surface area contributed by atoms with Crippen LogP contribution in [0.1, 0.15) is 42.9 Å². The molecule has 5 rings (SSSR count). The lowest BCUT2D eigenvalue weighted by Gasteiger charge is -2.57. The maximum Gasteiger partial charge on any atom is 0.323 e. The summed E-state index contributed by atoms with van der Waals surface area (Å²) < 4.78 is 11.2. The van der Waals surface area contributed by atoms with Gasteiger partial charge in [0, 0.05) is 32.0 Å². The van der Waals surface area contributed by atoms with Crippen molar-refractivity contribution in [3.05, 3.63) is 96.1 Å². The summed E-state index contributed by atoms with van der Waals surface area (Å²) in [5, 5.41) is 3.49. The first kappa shape index (κ1) is 26.6. The Morgan fingerprint density at radius 2 is 1.31 bits per heavy atom. The van der Waals surface area contributed by atoms with E-state index in [1.807, 2.05) is 35.2 Å². The highest BCUT2D eigenvalue weighted by Gasteiger charge is 2.73. The van der Waals surface area contributed by atoms with Gasteiger partial charge in [-0.25, -0.2) is 0 Å². The van der Waals surface area contributed by atoms with E-state index < -0.39 is 40.6 Å². The van der Waals surface area contributed by atoms with Gasteiger partial charge in [0.15, 0.2) is 16.6 Å². The minimum atomic E-state index is -1.75.